The molecule has 0 radical (unpaired) electrons. The number of benzene rings is 1. The SMILES string of the molecule is Cc1ccc(OCCOC[C@@H](O)C[NH2+]C(C)(C)CC(C)(C)C)cc1C. The smallest absolute Gasteiger partial charge is 0.126 e. The van der Waals surface area contributed by atoms with Crippen LogP contribution in [0.2, 0.25) is 0 Å². The highest BCUT2D eigenvalue weighted by molar-refractivity contribution is 5.33. The van der Waals surface area contributed by atoms with Gasteiger partial charge in [0.1, 0.15) is 25.0 Å². The number of aliphatic hydroxyl groups is 1. The van der Waals surface area contributed by atoms with E-state index in [0.717, 1.165) is 12.2 Å². The van der Waals surface area contributed by atoms with Crippen LogP contribution in [0.15, 0.2) is 18.2 Å². The molecule has 0 saturated carbocycles. The fourth-order valence-corrected chi connectivity index (χ4v) is 3.20. The molecule has 0 unspecified atom stereocenters. The second kappa shape index (κ2) is 9.56. The van der Waals surface area contributed by atoms with Crippen LogP contribution in [0.3, 0.4) is 0 Å². The highest BCUT2D eigenvalue weighted by Gasteiger charge is 2.28. The molecule has 144 valence electrons. The van der Waals surface area contributed by atoms with Gasteiger partial charge >= 0.3 is 0 Å². The van der Waals surface area contributed by atoms with Gasteiger partial charge in [0.05, 0.1) is 18.8 Å². The van der Waals surface area contributed by atoms with E-state index < -0.39 is 6.10 Å². The predicted molar refractivity (Wildman–Crippen MR) is 103 cm³/mol. The molecule has 0 aromatic heterocycles. The first kappa shape index (κ1) is 21.9. The average molecular weight is 353 g/mol. The molecule has 0 fully saturated rings. The van der Waals surface area contributed by atoms with Crippen molar-refractivity contribution in [3.8, 4) is 5.75 Å². The van der Waals surface area contributed by atoms with Crippen molar-refractivity contribution in [1.29, 1.82) is 0 Å². The van der Waals surface area contributed by atoms with Gasteiger partial charge in [0.25, 0.3) is 0 Å². The third-order valence-electron chi connectivity index (χ3n) is 4.21. The molecule has 4 nitrogen and oxygen atoms in total. The normalized spacial score (nSPS) is 13.8. The van der Waals surface area contributed by atoms with E-state index in [1.165, 1.54) is 11.1 Å². The van der Waals surface area contributed by atoms with Gasteiger partial charge in [-0.25, -0.2) is 0 Å². The molecule has 1 rings (SSSR count). The van der Waals surface area contributed by atoms with Gasteiger partial charge in [-0.1, -0.05) is 26.8 Å². The summed E-state index contributed by atoms with van der Waals surface area (Å²) in [7, 11) is 0. The molecule has 0 aliphatic rings. The van der Waals surface area contributed by atoms with E-state index in [-0.39, 0.29) is 11.0 Å². The number of hydrogen-bond acceptors (Lipinski definition) is 3. The van der Waals surface area contributed by atoms with E-state index in [9.17, 15) is 5.11 Å². The minimum atomic E-state index is -0.458. The third kappa shape index (κ3) is 9.83. The van der Waals surface area contributed by atoms with E-state index in [0.29, 0.717) is 26.4 Å². The summed E-state index contributed by atoms with van der Waals surface area (Å²) < 4.78 is 11.2. The van der Waals surface area contributed by atoms with E-state index in [1.54, 1.807) is 0 Å². The van der Waals surface area contributed by atoms with Crippen LogP contribution >= 0.6 is 0 Å². The molecule has 1 aromatic carbocycles. The second-order valence-electron chi connectivity index (χ2n) is 8.99. The van der Waals surface area contributed by atoms with Crippen LogP contribution in [0.5, 0.6) is 5.75 Å². The van der Waals surface area contributed by atoms with Gasteiger partial charge in [-0.15, -0.1) is 0 Å². The van der Waals surface area contributed by atoms with Crippen molar-refractivity contribution in [1.82, 2.24) is 0 Å². The number of aliphatic hydroxyl groups excluding tert-OH is 1. The highest BCUT2D eigenvalue weighted by atomic mass is 16.5. The average Bonchev–Trinajstić information content (AvgIpc) is 2.46. The Morgan fingerprint density at radius 3 is 2.32 bits per heavy atom. The number of ether oxygens (including phenoxy) is 2. The fraction of sp³-hybridized carbons (Fsp3) is 0.714. The Morgan fingerprint density at radius 2 is 1.72 bits per heavy atom. The van der Waals surface area contributed by atoms with Gasteiger partial charge in [0.2, 0.25) is 0 Å². The molecular formula is C21H38NO3+. The van der Waals surface area contributed by atoms with Crippen LogP contribution in [0.25, 0.3) is 0 Å². The maximum absolute atomic E-state index is 10.1. The lowest BCUT2D eigenvalue weighted by Gasteiger charge is -2.31. The minimum absolute atomic E-state index is 0.117. The molecule has 1 atom stereocenters. The van der Waals surface area contributed by atoms with Gasteiger partial charge in [0, 0.05) is 6.42 Å². The van der Waals surface area contributed by atoms with Crippen molar-refractivity contribution in [2.75, 3.05) is 26.4 Å². The summed E-state index contributed by atoms with van der Waals surface area (Å²) in [5.74, 6) is 0.865. The summed E-state index contributed by atoms with van der Waals surface area (Å²) in [5, 5.41) is 12.3. The number of quaternary nitrogens is 1. The lowest BCUT2D eigenvalue weighted by molar-refractivity contribution is -0.728. The summed E-state index contributed by atoms with van der Waals surface area (Å²) in [6, 6.07) is 6.07. The lowest BCUT2D eigenvalue weighted by atomic mass is 9.82. The van der Waals surface area contributed by atoms with Crippen molar-refractivity contribution >= 4 is 0 Å². The molecule has 1 aromatic rings. The summed E-state index contributed by atoms with van der Waals surface area (Å²) >= 11 is 0. The van der Waals surface area contributed by atoms with E-state index >= 15 is 0 Å². The standard InChI is InChI=1S/C21H37NO3/c1-16-8-9-19(12-17(16)2)25-11-10-24-14-18(23)13-22-21(6,7)15-20(3,4)5/h8-9,12,18,22-23H,10-11,13-15H2,1-7H3/p+1/t18-/m0/s1. The van der Waals surface area contributed by atoms with E-state index in [2.05, 4.69) is 59.8 Å². The van der Waals surface area contributed by atoms with Gasteiger partial charge < -0.3 is 19.9 Å². The van der Waals surface area contributed by atoms with Crippen molar-refractivity contribution in [2.24, 2.45) is 5.41 Å². The summed E-state index contributed by atoms with van der Waals surface area (Å²) in [4.78, 5) is 0. The van der Waals surface area contributed by atoms with Crippen LogP contribution in [-0.4, -0.2) is 43.1 Å². The Balaban J connectivity index is 2.18. The fourth-order valence-electron chi connectivity index (χ4n) is 3.20. The Morgan fingerprint density at radius 1 is 1.04 bits per heavy atom. The Hall–Kier alpha value is -1.10. The summed E-state index contributed by atoms with van der Waals surface area (Å²) in [6.45, 7) is 17.3. The Bertz CT molecular complexity index is 520. The van der Waals surface area contributed by atoms with Crippen molar-refractivity contribution in [3.63, 3.8) is 0 Å². The molecule has 25 heavy (non-hydrogen) atoms. The van der Waals surface area contributed by atoms with Gasteiger partial charge in [-0.2, -0.15) is 0 Å². The molecule has 4 heteroatoms. The van der Waals surface area contributed by atoms with Crippen LogP contribution in [0.1, 0.15) is 52.2 Å². The Kier molecular flexibility index (Phi) is 8.39. The number of nitrogens with two attached hydrogens (primary N) is 1. The quantitative estimate of drug-likeness (QED) is 0.637. The monoisotopic (exact) mass is 352 g/mol. The predicted octanol–water partition coefficient (Wildman–Crippen LogP) is 2.84. The van der Waals surface area contributed by atoms with Crippen LogP contribution in [0.4, 0.5) is 0 Å². The topological polar surface area (TPSA) is 55.3 Å². The molecular weight excluding hydrogens is 314 g/mol. The molecule has 0 aliphatic carbocycles. The Labute approximate surface area is 153 Å². The number of hydrogen-bond donors (Lipinski definition) is 2. The van der Waals surface area contributed by atoms with Crippen LogP contribution < -0.4 is 10.1 Å². The molecule has 0 saturated heterocycles. The zero-order valence-electron chi connectivity index (χ0n) is 17.2. The number of aryl methyl sites for hydroxylation is 2. The first-order chi connectivity index (χ1) is 11.5. The minimum Gasteiger partial charge on any atom is -0.491 e. The largest absolute Gasteiger partial charge is 0.491 e. The van der Waals surface area contributed by atoms with E-state index in [4.69, 9.17) is 9.47 Å². The maximum Gasteiger partial charge on any atom is 0.126 e. The van der Waals surface area contributed by atoms with Crippen molar-refractivity contribution in [2.45, 2.75) is 66.5 Å². The van der Waals surface area contributed by atoms with Crippen molar-refractivity contribution < 1.29 is 19.9 Å². The first-order valence-corrected chi connectivity index (χ1v) is 9.29. The summed E-state index contributed by atoms with van der Waals surface area (Å²) in [6.07, 6.45) is 0.637. The summed E-state index contributed by atoms with van der Waals surface area (Å²) in [5.41, 5.74) is 2.89. The molecule has 0 aliphatic heterocycles. The van der Waals surface area contributed by atoms with Crippen molar-refractivity contribution in [3.05, 3.63) is 29.3 Å². The first-order valence-electron chi connectivity index (χ1n) is 9.29. The van der Waals surface area contributed by atoms with Crippen LogP contribution in [-0.2, 0) is 4.74 Å². The molecule has 0 bridgehead atoms. The molecule has 0 amide bonds. The van der Waals surface area contributed by atoms with Gasteiger partial charge in [-0.05, 0) is 56.4 Å². The molecule has 0 spiro atoms. The second-order valence-corrected chi connectivity index (χ2v) is 8.99. The van der Waals surface area contributed by atoms with Gasteiger partial charge in [-0.3, -0.25) is 0 Å². The van der Waals surface area contributed by atoms with E-state index in [1.807, 2.05) is 12.1 Å². The zero-order chi connectivity index (χ0) is 19.1. The maximum atomic E-state index is 10.1. The van der Waals surface area contributed by atoms with Gasteiger partial charge in [0.15, 0.2) is 0 Å². The zero-order valence-corrected chi connectivity index (χ0v) is 17.2. The third-order valence-corrected chi connectivity index (χ3v) is 4.21. The highest BCUT2D eigenvalue weighted by Crippen LogP contribution is 2.24. The molecule has 0 heterocycles. The van der Waals surface area contributed by atoms with Crippen LogP contribution in [0, 0.1) is 19.3 Å². The lowest BCUT2D eigenvalue weighted by Crippen LogP contribution is -2.97. The molecule has 3 N–H and O–H groups in total. The number of rotatable bonds is 10.